The van der Waals surface area contributed by atoms with E-state index in [0.29, 0.717) is 0 Å². The van der Waals surface area contributed by atoms with Gasteiger partial charge in [0, 0.05) is 18.1 Å². The minimum atomic E-state index is 1.19. The molecule has 0 fully saturated rings. The molecule has 0 amide bonds. The minimum absolute atomic E-state index is 1.19. The van der Waals surface area contributed by atoms with Crippen LogP contribution in [-0.4, -0.2) is 0 Å². The molecule has 0 unspecified atom stereocenters. The van der Waals surface area contributed by atoms with Crippen molar-refractivity contribution in [1.82, 2.24) is 0 Å². The highest BCUT2D eigenvalue weighted by Crippen LogP contribution is 2.08. The Labute approximate surface area is 132 Å². The first-order chi connectivity index (χ1) is 10.4. The summed E-state index contributed by atoms with van der Waals surface area (Å²) in [4.78, 5) is 0. The standard InChI is InChI=1S/C20H36N/c1-3-5-7-8-9-10-11-13-17-21-18-14-16-20(19-21)15-12-6-4-2/h14,16,18-19H,3-13,15,17H2,1-2H3/q+1. The first-order valence-corrected chi connectivity index (χ1v) is 9.34. The first-order valence-electron chi connectivity index (χ1n) is 9.34. The second kappa shape index (κ2) is 12.9. The maximum absolute atomic E-state index is 2.39. The van der Waals surface area contributed by atoms with Crippen molar-refractivity contribution in [3.8, 4) is 0 Å². The van der Waals surface area contributed by atoms with Gasteiger partial charge in [0.15, 0.2) is 12.4 Å². The summed E-state index contributed by atoms with van der Waals surface area (Å²) in [7, 11) is 0. The summed E-state index contributed by atoms with van der Waals surface area (Å²) in [5.74, 6) is 0. The molecule has 0 aliphatic heterocycles. The number of unbranched alkanes of at least 4 members (excludes halogenated alkanes) is 9. The molecule has 0 saturated heterocycles. The molecule has 0 atom stereocenters. The fourth-order valence-corrected chi connectivity index (χ4v) is 2.87. The summed E-state index contributed by atoms with van der Waals surface area (Å²) in [6.45, 7) is 5.75. The van der Waals surface area contributed by atoms with Crippen molar-refractivity contribution in [2.75, 3.05) is 0 Å². The Morgan fingerprint density at radius 1 is 0.762 bits per heavy atom. The molecule has 1 aromatic rings. The van der Waals surface area contributed by atoms with Gasteiger partial charge in [-0.25, -0.2) is 4.57 Å². The van der Waals surface area contributed by atoms with Gasteiger partial charge in [-0.15, -0.1) is 0 Å². The van der Waals surface area contributed by atoms with E-state index in [1.807, 2.05) is 0 Å². The van der Waals surface area contributed by atoms with Crippen LogP contribution in [0.2, 0.25) is 0 Å². The summed E-state index contributed by atoms with van der Waals surface area (Å²) in [6.07, 6.45) is 21.0. The van der Waals surface area contributed by atoms with Gasteiger partial charge in [0.05, 0.1) is 0 Å². The van der Waals surface area contributed by atoms with Crippen LogP contribution in [0.5, 0.6) is 0 Å². The molecule has 1 rings (SSSR count). The first kappa shape index (κ1) is 18.2. The lowest BCUT2D eigenvalue weighted by atomic mass is 10.1. The summed E-state index contributed by atoms with van der Waals surface area (Å²) >= 11 is 0. The van der Waals surface area contributed by atoms with E-state index in [4.69, 9.17) is 0 Å². The van der Waals surface area contributed by atoms with Gasteiger partial charge in [-0.2, -0.15) is 0 Å². The molecule has 0 saturated carbocycles. The van der Waals surface area contributed by atoms with E-state index >= 15 is 0 Å². The van der Waals surface area contributed by atoms with Crippen molar-refractivity contribution in [2.24, 2.45) is 0 Å². The second-order valence-electron chi connectivity index (χ2n) is 6.38. The topological polar surface area (TPSA) is 3.88 Å². The normalized spacial score (nSPS) is 11.0. The molecule has 0 aromatic carbocycles. The van der Waals surface area contributed by atoms with Crippen LogP contribution in [0.1, 0.15) is 90.0 Å². The Bertz CT molecular complexity index is 345. The molecule has 21 heavy (non-hydrogen) atoms. The summed E-state index contributed by atoms with van der Waals surface area (Å²) in [6, 6.07) is 4.49. The molecule has 0 N–H and O–H groups in total. The van der Waals surface area contributed by atoms with E-state index in [1.165, 1.54) is 89.2 Å². The molecule has 1 aromatic heterocycles. The Morgan fingerprint density at radius 2 is 1.38 bits per heavy atom. The van der Waals surface area contributed by atoms with E-state index in [1.54, 1.807) is 0 Å². The van der Waals surface area contributed by atoms with Crippen LogP contribution < -0.4 is 4.57 Å². The van der Waals surface area contributed by atoms with Crippen molar-refractivity contribution in [1.29, 1.82) is 0 Å². The fraction of sp³-hybridized carbons (Fsp3) is 0.750. The van der Waals surface area contributed by atoms with Gasteiger partial charge in [-0.3, -0.25) is 0 Å². The average molecular weight is 291 g/mol. The van der Waals surface area contributed by atoms with Gasteiger partial charge in [0.2, 0.25) is 0 Å². The minimum Gasteiger partial charge on any atom is -0.205 e. The average Bonchev–Trinajstić information content (AvgIpc) is 2.51. The van der Waals surface area contributed by atoms with E-state index in [9.17, 15) is 0 Å². The molecule has 0 spiro atoms. The Balaban J connectivity index is 2.10. The van der Waals surface area contributed by atoms with Crippen molar-refractivity contribution in [3.05, 3.63) is 30.1 Å². The zero-order valence-electron chi connectivity index (χ0n) is 14.4. The highest BCUT2D eigenvalue weighted by atomic mass is 14.9. The van der Waals surface area contributed by atoms with Crippen LogP contribution >= 0.6 is 0 Å². The van der Waals surface area contributed by atoms with Crippen LogP contribution in [0.4, 0.5) is 0 Å². The number of aromatic nitrogens is 1. The molecule has 1 heteroatoms. The maximum Gasteiger partial charge on any atom is 0.171 e. The van der Waals surface area contributed by atoms with Crippen LogP contribution in [-0.2, 0) is 13.0 Å². The number of hydrogen-bond acceptors (Lipinski definition) is 0. The fourth-order valence-electron chi connectivity index (χ4n) is 2.87. The predicted octanol–water partition coefficient (Wildman–Crippen LogP) is 5.85. The molecular formula is C20H36N+. The van der Waals surface area contributed by atoms with E-state index in [2.05, 4.69) is 42.9 Å². The molecule has 0 aliphatic carbocycles. The largest absolute Gasteiger partial charge is 0.205 e. The van der Waals surface area contributed by atoms with Gasteiger partial charge in [-0.05, 0) is 25.3 Å². The predicted molar refractivity (Wildman–Crippen MR) is 92.5 cm³/mol. The zero-order valence-corrected chi connectivity index (χ0v) is 14.4. The number of hydrogen-bond donors (Lipinski definition) is 0. The lowest BCUT2D eigenvalue weighted by Crippen LogP contribution is -2.33. The molecule has 1 nitrogen and oxygen atoms in total. The van der Waals surface area contributed by atoms with E-state index < -0.39 is 0 Å². The molecule has 0 radical (unpaired) electrons. The van der Waals surface area contributed by atoms with Gasteiger partial charge < -0.3 is 0 Å². The number of rotatable bonds is 13. The van der Waals surface area contributed by atoms with E-state index in [0.717, 1.165) is 0 Å². The number of nitrogens with zero attached hydrogens (tertiary/aromatic N) is 1. The maximum atomic E-state index is 2.39. The van der Waals surface area contributed by atoms with Gasteiger partial charge in [-0.1, -0.05) is 65.2 Å². The number of pyridine rings is 1. The summed E-state index contributed by atoms with van der Waals surface area (Å²) in [5, 5.41) is 0. The molecule has 0 aliphatic rings. The van der Waals surface area contributed by atoms with E-state index in [-0.39, 0.29) is 0 Å². The van der Waals surface area contributed by atoms with Gasteiger partial charge in [0.1, 0.15) is 6.54 Å². The van der Waals surface area contributed by atoms with Crippen molar-refractivity contribution >= 4 is 0 Å². The third-order valence-electron chi connectivity index (χ3n) is 4.26. The van der Waals surface area contributed by atoms with Crippen molar-refractivity contribution in [3.63, 3.8) is 0 Å². The monoisotopic (exact) mass is 290 g/mol. The Hall–Kier alpha value is -0.850. The van der Waals surface area contributed by atoms with Crippen LogP contribution in [0, 0.1) is 0 Å². The third kappa shape index (κ3) is 9.66. The quantitative estimate of drug-likeness (QED) is 0.317. The summed E-state index contributed by atoms with van der Waals surface area (Å²) in [5.41, 5.74) is 1.51. The molecular weight excluding hydrogens is 254 g/mol. The Morgan fingerprint density at radius 3 is 2.10 bits per heavy atom. The van der Waals surface area contributed by atoms with Crippen LogP contribution in [0.3, 0.4) is 0 Å². The lowest BCUT2D eigenvalue weighted by Gasteiger charge is -2.02. The van der Waals surface area contributed by atoms with Crippen LogP contribution in [0.25, 0.3) is 0 Å². The van der Waals surface area contributed by atoms with Crippen molar-refractivity contribution < 1.29 is 4.57 Å². The molecule has 0 bridgehead atoms. The lowest BCUT2D eigenvalue weighted by molar-refractivity contribution is -0.697. The highest BCUT2D eigenvalue weighted by Gasteiger charge is 2.02. The number of aryl methyl sites for hydroxylation is 2. The van der Waals surface area contributed by atoms with Crippen molar-refractivity contribution in [2.45, 2.75) is 97.4 Å². The zero-order chi connectivity index (χ0) is 15.2. The second-order valence-corrected chi connectivity index (χ2v) is 6.38. The molecule has 1 heterocycles. The smallest absolute Gasteiger partial charge is 0.171 e. The molecule has 120 valence electrons. The third-order valence-corrected chi connectivity index (χ3v) is 4.26. The SMILES string of the molecule is CCCCCCCCCC[n+]1cccc(CCCCC)c1. The van der Waals surface area contributed by atoms with Gasteiger partial charge in [0.25, 0.3) is 0 Å². The Kier molecular flexibility index (Phi) is 11.1. The highest BCUT2D eigenvalue weighted by molar-refractivity contribution is 5.05. The summed E-state index contributed by atoms with van der Waals surface area (Å²) < 4.78 is 2.39. The van der Waals surface area contributed by atoms with Crippen LogP contribution in [0.15, 0.2) is 24.5 Å². The van der Waals surface area contributed by atoms with Gasteiger partial charge >= 0.3 is 0 Å².